The van der Waals surface area contributed by atoms with E-state index in [1.165, 1.54) is 6.07 Å². The Bertz CT molecular complexity index is 906. The van der Waals surface area contributed by atoms with E-state index in [0.717, 1.165) is 38.0 Å². The third kappa shape index (κ3) is 4.41. The molecule has 0 radical (unpaired) electrons. The maximum absolute atomic E-state index is 13.2. The highest BCUT2D eigenvalue weighted by Gasteiger charge is 2.37. The molecule has 3 saturated heterocycles. The summed E-state index contributed by atoms with van der Waals surface area (Å²) in [5.41, 5.74) is 1.58. The maximum atomic E-state index is 13.2. The fraction of sp³-hybridized carbons (Fsp3) is 0.391. The van der Waals surface area contributed by atoms with E-state index in [0.29, 0.717) is 17.4 Å². The highest BCUT2D eigenvalue weighted by molar-refractivity contribution is 5.89. The van der Waals surface area contributed by atoms with E-state index in [4.69, 9.17) is 9.47 Å². The molecule has 1 N–H and O–H groups in total. The van der Waals surface area contributed by atoms with Crippen molar-refractivity contribution in [3.05, 3.63) is 59.7 Å². The summed E-state index contributed by atoms with van der Waals surface area (Å²) >= 11 is 0. The molecule has 1 amide bonds. The van der Waals surface area contributed by atoms with Crippen LogP contribution < -0.4 is 9.64 Å². The lowest BCUT2D eigenvalue weighted by atomic mass is 9.86. The van der Waals surface area contributed by atoms with Gasteiger partial charge in [-0.2, -0.15) is 0 Å². The van der Waals surface area contributed by atoms with E-state index >= 15 is 0 Å². The van der Waals surface area contributed by atoms with Gasteiger partial charge in [-0.15, -0.1) is 0 Å². The molecular formula is C23H26N2O5. The highest BCUT2D eigenvalue weighted by Crippen LogP contribution is 2.31. The molecule has 2 aromatic carbocycles. The predicted molar refractivity (Wildman–Crippen MR) is 112 cm³/mol. The minimum atomic E-state index is -0.997. The third-order valence-electron chi connectivity index (χ3n) is 5.97. The summed E-state index contributed by atoms with van der Waals surface area (Å²) < 4.78 is 11.2. The SMILES string of the molecule is COc1ccc(N(Cc2cccc(C(=O)O)c2)C(=O)O[C@H]2CN3CCC2CC3)cc1. The van der Waals surface area contributed by atoms with E-state index < -0.39 is 12.1 Å². The second kappa shape index (κ2) is 8.75. The second-order valence-corrected chi connectivity index (χ2v) is 7.85. The first kappa shape index (κ1) is 20.2. The minimum absolute atomic E-state index is 0.105. The van der Waals surface area contributed by atoms with Gasteiger partial charge in [-0.3, -0.25) is 9.80 Å². The number of ether oxygens (including phenoxy) is 2. The molecule has 3 heterocycles. The van der Waals surface area contributed by atoms with Crippen LogP contribution in [0, 0.1) is 5.92 Å². The molecule has 158 valence electrons. The average molecular weight is 410 g/mol. The van der Waals surface area contributed by atoms with Crippen LogP contribution in [0.1, 0.15) is 28.8 Å². The van der Waals surface area contributed by atoms with Crippen LogP contribution in [-0.4, -0.2) is 54.9 Å². The number of aromatic carboxylic acids is 1. The van der Waals surface area contributed by atoms with Crippen molar-refractivity contribution in [2.75, 3.05) is 31.6 Å². The smallest absolute Gasteiger partial charge is 0.414 e. The molecule has 3 aliphatic rings. The molecule has 7 nitrogen and oxygen atoms in total. The minimum Gasteiger partial charge on any atom is -0.497 e. The van der Waals surface area contributed by atoms with E-state index in [-0.39, 0.29) is 18.2 Å². The zero-order chi connectivity index (χ0) is 21.1. The number of carbonyl (C=O) groups is 2. The molecule has 3 fully saturated rings. The zero-order valence-electron chi connectivity index (χ0n) is 17.0. The summed E-state index contributed by atoms with van der Waals surface area (Å²) in [6, 6.07) is 13.8. The normalized spacial score (nSPS) is 22.4. The van der Waals surface area contributed by atoms with Crippen molar-refractivity contribution in [3.63, 3.8) is 0 Å². The lowest BCUT2D eigenvalue weighted by Crippen LogP contribution is -2.53. The molecule has 30 heavy (non-hydrogen) atoms. The molecule has 0 aliphatic carbocycles. The lowest BCUT2D eigenvalue weighted by Gasteiger charge is -2.44. The van der Waals surface area contributed by atoms with Gasteiger partial charge in [-0.1, -0.05) is 12.1 Å². The summed E-state index contributed by atoms with van der Waals surface area (Å²) in [6.07, 6.45) is 1.59. The molecule has 5 rings (SSSR count). The van der Waals surface area contributed by atoms with Crippen LogP contribution in [0.3, 0.4) is 0 Å². The van der Waals surface area contributed by atoms with Gasteiger partial charge < -0.3 is 14.6 Å². The van der Waals surface area contributed by atoms with Crippen molar-refractivity contribution in [1.82, 2.24) is 4.90 Å². The first-order chi connectivity index (χ1) is 14.5. The Hall–Kier alpha value is -3.06. The topological polar surface area (TPSA) is 79.3 Å². The Morgan fingerprint density at radius 2 is 1.87 bits per heavy atom. The number of carboxylic acid groups (broad SMARTS) is 1. The maximum Gasteiger partial charge on any atom is 0.414 e. The standard InChI is InChI=1S/C23H26N2O5/c1-29-20-7-5-19(6-8-20)25(14-16-3-2-4-18(13-16)22(26)27)23(28)30-21-15-24-11-9-17(21)10-12-24/h2-8,13,17,21H,9-12,14-15H2,1H3,(H,26,27)/t21-/m0/s1. The van der Waals surface area contributed by atoms with Gasteiger partial charge in [0.1, 0.15) is 11.9 Å². The number of carboxylic acids is 1. The van der Waals surface area contributed by atoms with Gasteiger partial charge in [0.05, 0.1) is 19.2 Å². The number of methoxy groups -OCH3 is 1. The van der Waals surface area contributed by atoms with E-state index in [1.54, 1.807) is 48.4 Å². The van der Waals surface area contributed by atoms with Crippen LogP contribution in [0.2, 0.25) is 0 Å². The largest absolute Gasteiger partial charge is 0.497 e. The monoisotopic (exact) mass is 410 g/mol. The number of piperidine rings is 3. The fourth-order valence-corrected chi connectivity index (χ4v) is 4.25. The predicted octanol–water partition coefficient (Wildman–Crippen LogP) is 3.63. The first-order valence-electron chi connectivity index (χ1n) is 10.2. The summed E-state index contributed by atoms with van der Waals surface area (Å²) in [4.78, 5) is 28.4. The third-order valence-corrected chi connectivity index (χ3v) is 5.97. The Balaban J connectivity index is 1.57. The van der Waals surface area contributed by atoms with Crippen LogP contribution in [0.15, 0.2) is 48.5 Å². The second-order valence-electron chi connectivity index (χ2n) is 7.85. The van der Waals surface area contributed by atoms with Gasteiger partial charge >= 0.3 is 12.1 Å². The quantitative estimate of drug-likeness (QED) is 0.783. The highest BCUT2D eigenvalue weighted by atomic mass is 16.6. The molecule has 2 aromatic rings. The number of hydrogen-bond acceptors (Lipinski definition) is 5. The summed E-state index contributed by atoms with van der Waals surface area (Å²) in [5.74, 6) is 0.104. The van der Waals surface area contributed by atoms with Crippen molar-refractivity contribution < 1.29 is 24.2 Å². The van der Waals surface area contributed by atoms with Gasteiger partial charge in [0, 0.05) is 12.2 Å². The number of carbonyl (C=O) groups excluding carboxylic acids is 1. The molecule has 1 atom stereocenters. The van der Waals surface area contributed by atoms with Crippen molar-refractivity contribution in [2.24, 2.45) is 5.92 Å². The Morgan fingerprint density at radius 3 is 2.47 bits per heavy atom. The van der Waals surface area contributed by atoms with Gasteiger partial charge in [0.25, 0.3) is 0 Å². The number of benzene rings is 2. The summed E-state index contributed by atoms with van der Waals surface area (Å²) in [7, 11) is 1.59. The Morgan fingerprint density at radius 1 is 1.13 bits per heavy atom. The van der Waals surface area contributed by atoms with Crippen LogP contribution in [0.5, 0.6) is 5.75 Å². The molecule has 0 unspecified atom stereocenters. The molecule has 2 bridgehead atoms. The van der Waals surface area contributed by atoms with Crippen LogP contribution in [0.4, 0.5) is 10.5 Å². The number of anilines is 1. The number of amides is 1. The van der Waals surface area contributed by atoms with Crippen LogP contribution >= 0.6 is 0 Å². The molecule has 3 aliphatic heterocycles. The van der Waals surface area contributed by atoms with E-state index in [9.17, 15) is 14.7 Å². The molecular weight excluding hydrogens is 384 g/mol. The fourth-order valence-electron chi connectivity index (χ4n) is 4.25. The summed E-state index contributed by atoms with van der Waals surface area (Å²) in [6.45, 7) is 3.14. The van der Waals surface area contributed by atoms with Crippen molar-refractivity contribution in [2.45, 2.75) is 25.5 Å². The van der Waals surface area contributed by atoms with E-state index in [1.807, 2.05) is 6.07 Å². The summed E-state index contributed by atoms with van der Waals surface area (Å²) in [5, 5.41) is 9.28. The van der Waals surface area contributed by atoms with Crippen LogP contribution in [0.25, 0.3) is 0 Å². The first-order valence-corrected chi connectivity index (χ1v) is 10.2. The van der Waals surface area contributed by atoms with Gasteiger partial charge in [0.2, 0.25) is 0 Å². The van der Waals surface area contributed by atoms with Gasteiger partial charge in [-0.05, 0) is 73.8 Å². The van der Waals surface area contributed by atoms with Crippen molar-refractivity contribution in [3.8, 4) is 5.75 Å². The number of nitrogens with zero attached hydrogens (tertiary/aromatic N) is 2. The molecule has 7 heteroatoms. The number of hydrogen-bond donors (Lipinski definition) is 1. The average Bonchev–Trinajstić information content (AvgIpc) is 2.78. The Kier molecular flexibility index (Phi) is 5.90. The Labute approximate surface area is 175 Å². The van der Waals surface area contributed by atoms with Crippen molar-refractivity contribution in [1.29, 1.82) is 0 Å². The molecule has 0 saturated carbocycles. The number of rotatable bonds is 6. The molecule has 0 spiro atoms. The molecule has 0 aromatic heterocycles. The lowest BCUT2D eigenvalue weighted by molar-refractivity contribution is -0.0311. The van der Waals surface area contributed by atoms with Gasteiger partial charge in [0.15, 0.2) is 0 Å². The number of fused-ring (bicyclic) bond motifs is 3. The zero-order valence-corrected chi connectivity index (χ0v) is 17.0. The van der Waals surface area contributed by atoms with E-state index in [2.05, 4.69) is 4.90 Å². The van der Waals surface area contributed by atoms with Crippen molar-refractivity contribution >= 4 is 17.7 Å². The van der Waals surface area contributed by atoms with Gasteiger partial charge in [-0.25, -0.2) is 9.59 Å². The van der Waals surface area contributed by atoms with Crippen LogP contribution in [-0.2, 0) is 11.3 Å².